The van der Waals surface area contributed by atoms with Crippen LogP contribution >= 0.6 is 0 Å². The van der Waals surface area contributed by atoms with Crippen LogP contribution in [0.5, 0.6) is 0 Å². The van der Waals surface area contributed by atoms with E-state index in [1.165, 1.54) is 6.92 Å². The fourth-order valence-corrected chi connectivity index (χ4v) is 2.20. The molecule has 0 N–H and O–H groups in total. The Bertz CT molecular complexity index is 331. The molecule has 1 heterocycles. The molecule has 1 atom stereocenters. The van der Waals surface area contributed by atoms with Crippen molar-refractivity contribution in [1.29, 1.82) is 0 Å². The monoisotopic (exact) mass is 281 g/mol. The molecule has 110 valence electrons. The van der Waals surface area contributed by atoms with Crippen LogP contribution in [0.25, 0.3) is 0 Å². The minimum Gasteiger partial charge on any atom is -0.372 e. The van der Waals surface area contributed by atoms with Crippen molar-refractivity contribution in [2.24, 2.45) is 0 Å². The van der Waals surface area contributed by atoms with Gasteiger partial charge in [-0.15, -0.1) is 0 Å². The Morgan fingerprint density at radius 1 is 1.37 bits per heavy atom. The number of ether oxygens (including phenoxy) is 1. The van der Waals surface area contributed by atoms with Gasteiger partial charge in [0.25, 0.3) is 0 Å². The minimum absolute atomic E-state index is 0.0121. The van der Waals surface area contributed by atoms with Gasteiger partial charge in [0.15, 0.2) is 0 Å². The Balaban J connectivity index is 2.30. The summed E-state index contributed by atoms with van der Waals surface area (Å²) in [7, 11) is 0. The number of Topliss-reactive ketones (excluding diaryl/α,β-unsaturated/α-hetero) is 1. The number of nitrogens with zero attached hydrogens (tertiary/aromatic N) is 1. The first kappa shape index (κ1) is 15.9. The molecule has 0 bridgehead atoms. The van der Waals surface area contributed by atoms with Crippen LogP contribution in [0, 0.1) is 0 Å². The highest BCUT2D eigenvalue weighted by Crippen LogP contribution is 2.21. The maximum Gasteiger partial charge on any atom is 0.411 e. The van der Waals surface area contributed by atoms with E-state index in [1.54, 1.807) is 4.90 Å². The number of ketones is 1. The van der Waals surface area contributed by atoms with Gasteiger partial charge in [-0.05, 0) is 19.8 Å². The van der Waals surface area contributed by atoms with E-state index in [0.717, 1.165) is 12.8 Å². The molecule has 7 heteroatoms. The predicted molar refractivity (Wildman–Crippen MR) is 61.5 cm³/mol. The summed E-state index contributed by atoms with van der Waals surface area (Å²) in [6.07, 6.45) is -2.53. The minimum atomic E-state index is -4.37. The van der Waals surface area contributed by atoms with Crippen LogP contribution in [-0.2, 0) is 14.3 Å². The van der Waals surface area contributed by atoms with E-state index in [-0.39, 0.29) is 30.8 Å². The topological polar surface area (TPSA) is 46.6 Å². The molecule has 1 aliphatic rings. The third kappa shape index (κ3) is 6.04. The highest BCUT2D eigenvalue weighted by Gasteiger charge is 2.30. The molecule has 1 saturated heterocycles. The van der Waals surface area contributed by atoms with Gasteiger partial charge in [0.1, 0.15) is 12.4 Å². The average molecular weight is 281 g/mol. The van der Waals surface area contributed by atoms with Crippen molar-refractivity contribution in [3.63, 3.8) is 0 Å². The molecule has 0 aliphatic carbocycles. The molecule has 0 radical (unpaired) electrons. The van der Waals surface area contributed by atoms with E-state index in [0.29, 0.717) is 13.0 Å². The van der Waals surface area contributed by atoms with Gasteiger partial charge in [-0.3, -0.25) is 9.59 Å². The van der Waals surface area contributed by atoms with Crippen LogP contribution in [0.3, 0.4) is 0 Å². The number of halogens is 3. The van der Waals surface area contributed by atoms with Gasteiger partial charge >= 0.3 is 6.18 Å². The van der Waals surface area contributed by atoms with E-state index in [1.807, 2.05) is 0 Å². The molecule has 0 aromatic rings. The Kier molecular flexibility index (Phi) is 5.78. The molecular formula is C12H18F3NO3. The summed E-state index contributed by atoms with van der Waals surface area (Å²) in [6.45, 7) is 0.447. The lowest BCUT2D eigenvalue weighted by Gasteiger charge is -2.24. The standard InChI is InChI=1S/C12H18F3NO3/c1-9(17)7-10-3-2-5-16(10)11(18)4-6-19-8-12(13,14)15/h10H,2-8H2,1H3. The highest BCUT2D eigenvalue weighted by molar-refractivity contribution is 5.80. The number of rotatable bonds is 6. The SMILES string of the molecule is CC(=O)CC1CCCN1C(=O)CCOCC(F)(F)F. The number of carbonyl (C=O) groups is 2. The predicted octanol–water partition coefficient (Wildman–Crippen LogP) is 1.93. The van der Waals surface area contributed by atoms with Crippen molar-refractivity contribution in [2.45, 2.75) is 44.8 Å². The summed E-state index contributed by atoms with van der Waals surface area (Å²) in [4.78, 5) is 24.4. The van der Waals surface area contributed by atoms with Crippen LogP contribution in [0.4, 0.5) is 13.2 Å². The van der Waals surface area contributed by atoms with Gasteiger partial charge in [-0.1, -0.05) is 0 Å². The lowest BCUT2D eigenvalue weighted by atomic mass is 10.1. The first-order chi connectivity index (χ1) is 8.79. The molecular weight excluding hydrogens is 263 g/mol. The van der Waals surface area contributed by atoms with Gasteiger partial charge in [-0.25, -0.2) is 0 Å². The van der Waals surface area contributed by atoms with E-state index in [9.17, 15) is 22.8 Å². The fourth-order valence-electron chi connectivity index (χ4n) is 2.20. The Morgan fingerprint density at radius 2 is 2.05 bits per heavy atom. The smallest absolute Gasteiger partial charge is 0.372 e. The third-order valence-corrected chi connectivity index (χ3v) is 2.95. The lowest BCUT2D eigenvalue weighted by molar-refractivity contribution is -0.175. The molecule has 1 unspecified atom stereocenters. The second-order valence-electron chi connectivity index (χ2n) is 4.71. The first-order valence-corrected chi connectivity index (χ1v) is 6.23. The van der Waals surface area contributed by atoms with Crippen molar-refractivity contribution in [3.05, 3.63) is 0 Å². The zero-order valence-electron chi connectivity index (χ0n) is 10.8. The van der Waals surface area contributed by atoms with E-state index in [4.69, 9.17) is 0 Å². The molecule has 0 aromatic carbocycles. The quantitative estimate of drug-likeness (QED) is 0.699. The largest absolute Gasteiger partial charge is 0.411 e. The Labute approximate surface area is 109 Å². The third-order valence-electron chi connectivity index (χ3n) is 2.95. The van der Waals surface area contributed by atoms with Gasteiger partial charge in [0.2, 0.25) is 5.91 Å². The van der Waals surface area contributed by atoms with Gasteiger partial charge in [-0.2, -0.15) is 13.2 Å². The van der Waals surface area contributed by atoms with Crippen LogP contribution in [-0.4, -0.2) is 48.6 Å². The second-order valence-corrected chi connectivity index (χ2v) is 4.71. The number of hydrogen-bond acceptors (Lipinski definition) is 3. The van der Waals surface area contributed by atoms with Crippen molar-refractivity contribution in [3.8, 4) is 0 Å². The normalized spacial score (nSPS) is 19.8. The number of alkyl halides is 3. The van der Waals surface area contributed by atoms with Crippen molar-refractivity contribution in [1.82, 2.24) is 4.90 Å². The summed E-state index contributed by atoms with van der Waals surface area (Å²) in [6, 6.07) is -0.104. The molecule has 4 nitrogen and oxygen atoms in total. The molecule has 0 aromatic heterocycles. The van der Waals surface area contributed by atoms with Crippen molar-refractivity contribution in [2.75, 3.05) is 19.8 Å². The molecule has 0 spiro atoms. The Morgan fingerprint density at radius 3 is 2.63 bits per heavy atom. The zero-order valence-corrected chi connectivity index (χ0v) is 10.8. The number of likely N-dealkylation sites (tertiary alicyclic amines) is 1. The van der Waals surface area contributed by atoms with Crippen molar-refractivity contribution >= 4 is 11.7 Å². The fraction of sp³-hybridized carbons (Fsp3) is 0.833. The van der Waals surface area contributed by atoms with E-state index in [2.05, 4.69) is 4.74 Å². The molecule has 0 saturated carbocycles. The van der Waals surface area contributed by atoms with E-state index >= 15 is 0 Å². The molecule has 1 aliphatic heterocycles. The summed E-state index contributed by atoms with van der Waals surface area (Å²) >= 11 is 0. The molecule has 1 amide bonds. The number of carbonyl (C=O) groups excluding carboxylic acids is 2. The highest BCUT2D eigenvalue weighted by atomic mass is 19.4. The maximum absolute atomic E-state index is 11.8. The van der Waals surface area contributed by atoms with Crippen LogP contribution in [0.2, 0.25) is 0 Å². The molecule has 19 heavy (non-hydrogen) atoms. The number of amides is 1. The van der Waals surface area contributed by atoms with Gasteiger partial charge in [0.05, 0.1) is 13.0 Å². The Hall–Kier alpha value is -1.11. The van der Waals surface area contributed by atoms with Crippen LogP contribution < -0.4 is 0 Å². The zero-order chi connectivity index (χ0) is 14.5. The van der Waals surface area contributed by atoms with Gasteiger partial charge < -0.3 is 9.64 Å². The van der Waals surface area contributed by atoms with Crippen LogP contribution in [0.1, 0.15) is 32.6 Å². The van der Waals surface area contributed by atoms with Gasteiger partial charge in [0, 0.05) is 19.0 Å². The molecule has 1 fully saturated rings. The lowest BCUT2D eigenvalue weighted by Crippen LogP contribution is -2.37. The van der Waals surface area contributed by atoms with E-state index < -0.39 is 12.8 Å². The summed E-state index contributed by atoms with van der Waals surface area (Å²) < 4.78 is 39.9. The second kappa shape index (κ2) is 6.88. The van der Waals surface area contributed by atoms with Crippen LogP contribution in [0.15, 0.2) is 0 Å². The summed E-state index contributed by atoms with van der Waals surface area (Å²) in [5, 5.41) is 0. The summed E-state index contributed by atoms with van der Waals surface area (Å²) in [5.74, 6) is -0.232. The first-order valence-electron chi connectivity index (χ1n) is 6.23. The summed E-state index contributed by atoms with van der Waals surface area (Å²) in [5.41, 5.74) is 0. The average Bonchev–Trinajstić information content (AvgIpc) is 2.70. The number of hydrogen-bond donors (Lipinski definition) is 0. The van der Waals surface area contributed by atoms with Crippen molar-refractivity contribution < 1.29 is 27.5 Å². The maximum atomic E-state index is 11.8. The molecule has 1 rings (SSSR count).